The number of aliphatic hydroxyl groups is 2. The Balaban J connectivity index is 0.000000293. The van der Waals surface area contributed by atoms with Crippen molar-refractivity contribution >= 4 is 5.69 Å². The minimum Gasteiger partial charge on any atom is -0.491 e. The van der Waals surface area contributed by atoms with E-state index in [1.807, 2.05) is 18.2 Å². The standard InChI is InChI=1S/C17H18F3NO2.C10H11F3O2/c1-2-21(12-16(22)17(18,19)20)13-7-6-10-15(11-13)23-14-8-4-3-5-9-14;1-7-3-2-4-8(5-7)15-6-9(14)10(11,12)13/h3-11,16,22H,2,12H2,1H3;2-5,9,14H,6H2,1H3. The van der Waals surface area contributed by atoms with Crippen molar-refractivity contribution in [2.75, 3.05) is 24.6 Å². The largest absolute Gasteiger partial charge is 0.491 e. The molecule has 0 radical (unpaired) electrons. The molecule has 0 aliphatic heterocycles. The highest BCUT2D eigenvalue weighted by Gasteiger charge is 2.39. The van der Waals surface area contributed by atoms with Gasteiger partial charge in [-0.05, 0) is 55.8 Å². The van der Waals surface area contributed by atoms with Gasteiger partial charge in [-0.2, -0.15) is 26.3 Å². The number of anilines is 1. The molecule has 3 aromatic carbocycles. The van der Waals surface area contributed by atoms with Crippen molar-refractivity contribution in [1.29, 1.82) is 0 Å². The second-order valence-electron chi connectivity index (χ2n) is 8.19. The van der Waals surface area contributed by atoms with Crippen molar-refractivity contribution in [3.05, 3.63) is 84.4 Å². The third-order valence-electron chi connectivity index (χ3n) is 5.09. The minimum atomic E-state index is -4.64. The molecule has 3 rings (SSSR count). The summed E-state index contributed by atoms with van der Waals surface area (Å²) in [6.45, 7) is 2.56. The van der Waals surface area contributed by atoms with Crippen LogP contribution in [0.25, 0.3) is 0 Å². The number of hydrogen-bond acceptors (Lipinski definition) is 5. The van der Waals surface area contributed by atoms with Crippen molar-refractivity contribution in [1.82, 2.24) is 0 Å². The molecule has 2 N–H and O–H groups in total. The van der Waals surface area contributed by atoms with Crippen LogP contribution in [-0.2, 0) is 0 Å². The molecule has 11 heteroatoms. The molecule has 2 unspecified atom stereocenters. The maximum absolute atomic E-state index is 12.5. The summed E-state index contributed by atoms with van der Waals surface area (Å²) in [4.78, 5) is 1.45. The lowest BCUT2D eigenvalue weighted by atomic mass is 10.2. The molecule has 0 bridgehead atoms. The molecule has 0 saturated carbocycles. The SMILES string of the molecule is CCN(CC(O)C(F)(F)F)c1cccc(Oc2ccccc2)c1.Cc1cccc(OCC(O)C(F)(F)F)c1. The molecule has 2 atom stereocenters. The van der Waals surface area contributed by atoms with Crippen LogP contribution in [0.2, 0.25) is 0 Å². The predicted octanol–water partition coefficient (Wildman–Crippen LogP) is 6.53. The summed E-state index contributed by atoms with van der Waals surface area (Å²) < 4.78 is 83.8. The Morgan fingerprint density at radius 3 is 1.89 bits per heavy atom. The summed E-state index contributed by atoms with van der Waals surface area (Å²) in [5, 5.41) is 17.9. The average Bonchev–Trinajstić information content (AvgIpc) is 2.85. The molecule has 0 saturated heterocycles. The third-order valence-corrected chi connectivity index (χ3v) is 5.09. The van der Waals surface area contributed by atoms with Gasteiger partial charge in [0.25, 0.3) is 0 Å². The molecule has 0 heterocycles. The van der Waals surface area contributed by atoms with E-state index in [1.165, 1.54) is 11.0 Å². The number of aliphatic hydroxyl groups excluding tert-OH is 2. The van der Waals surface area contributed by atoms with E-state index in [9.17, 15) is 31.4 Å². The normalized spacial score (nSPS) is 13.1. The number of para-hydroxylation sites is 1. The van der Waals surface area contributed by atoms with Crippen molar-refractivity contribution < 1.29 is 46.0 Å². The number of hydrogen-bond donors (Lipinski definition) is 2. The zero-order valence-corrected chi connectivity index (χ0v) is 20.7. The summed E-state index contributed by atoms with van der Waals surface area (Å²) in [6, 6.07) is 22.5. The van der Waals surface area contributed by atoms with Crippen LogP contribution in [0.15, 0.2) is 78.9 Å². The van der Waals surface area contributed by atoms with Crippen LogP contribution in [0.5, 0.6) is 17.2 Å². The van der Waals surface area contributed by atoms with Gasteiger partial charge in [-0.3, -0.25) is 0 Å². The first-order chi connectivity index (χ1) is 17.8. The first-order valence-electron chi connectivity index (χ1n) is 11.6. The Hall–Kier alpha value is -3.44. The predicted molar refractivity (Wildman–Crippen MR) is 132 cm³/mol. The number of rotatable bonds is 9. The molecule has 0 spiro atoms. The van der Waals surface area contributed by atoms with E-state index < -0.39 is 37.7 Å². The molecule has 38 heavy (non-hydrogen) atoms. The van der Waals surface area contributed by atoms with Crippen molar-refractivity contribution in [3.63, 3.8) is 0 Å². The Morgan fingerprint density at radius 1 is 0.737 bits per heavy atom. The quantitative estimate of drug-likeness (QED) is 0.300. The third kappa shape index (κ3) is 10.5. The highest BCUT2D eigenvalue weighted by molar-refractivity contribution is 5.51. The van der Waals surface area contributed by atoms with Gasteiger partial charge in [-0.15, -0.1) is 0 Å². The molecule has 3 aromatic rings. The Bertz CT molecular complexity index is 1110. The average molecular weight is 546 g/mol. The lowest BCUT2D eigenvalue weighted by Gasteiger charge is -2.27. The fourth-order valence-electron chi connectivity index (χ4n) is 3.07. The van der Waals surface area contributed by atoms with Crippen molar-refractivity contribution in [2.24, 2.45) is 0 Å². The number of nitrogens with zero attached hydrogens (tertiary/aromatic N) is 1. The first-order valence-corrected chi connectivity index (χ1v) is 11.6. The fraction of sp³-hybridized carbons (Fsp3) is 0.333. The fourth-order valence-corrected chi connectivity index (χ4v) is 3.07. The van der Waals surface area contributed by atoms with E-state index in [-0.39, 0.29) is 0 Å². The van der Waals surface area contributed by atoms with E-state index in [2.05, 4.69) is 0 Å². The Kier molecular flexibility index (Phi) is 11.3. The molecule has 5 nitrogen and oxygen atoms in total. The van der Waals surface area contributed by atoms with Crippen LogP contribution in [0, 0.1) is 6.92 Å². The number of halogens is 6. The molecular weight excluding hydrogens is 516 g/mol. The van der Waals surface area contributed by atoms with Gasteiger partial charge < -0.3 is 24.6 Å². The number of alkyl halides is 6. The molecule has 0 aromatic heterocycles. The van der Waals surface area contributed by atoms with Crippen molar-refractivity contribution in [2.45, 2.75) is 38.4 Å². The first kappa shape index (κ1) is 30.8. The molecule has 0 amide bonds. The zero-order valence-electron chi connectivity index (χ0n) is 20.7. The van der Waals surface area contributed by atoms with Crippen LogP contribution in [-0.4, -0.2) is 54.5 Å². The highest BCUT2D eigenvalue weighted by Crippen LogP contribution is 2.28. The number of aryl methyl sites for hydroxylation is 1. The zero-order chi connectivity index (χ0) is 28.3. The maximum atomic E-state index is 12.5. The van der Waals surface area contributed by atoms with Crippen LogP contribution in [0.3, 0.4) is 0 Å². The monoisotopic (exact) mass is 545 g/mol. The van der Waals surface area contributed by atoms with E-state index in [0.29, 0.717) is 29.5 Å². The second-order valence-corrected chi connectivity index (χ2v) is 8.19. The van der Waals surface area contributed by atoms with Crippen LogP contribution in [0.4, 0.5) is 32.0 Å². The number of ether oxygens (including phenoxy) is 2. The number of benzene rings is 3. The van der Waals surface area contributed by atoms with E-state index in [1.54, 1.807) is 68.4 Å². The Morgan fingerprint density at radius 2 is 1.32 bits per heavy atom. The smallest absolute Gasteiger partial charge is 0.417 e. The molecular formula is C27H29F6NO4. The van der Waals surface area contributed by atoms with Gasteiger partial charge >= 0.3 is 12.4 Å². The van der Waals surface area contributed by atoms with Crippen LogP contribution < -0.4 is 14.4 Å². The lowest BCUT2D eigenvalue weighted by Crippen LogP contribution is -2.41. The minimum absolute atomic E-state index is 0.318. The highest BCUT2D eigenvalue weighted by atomic mass is 19.4. The van der Waals surface area contributed by atoms with Gasteiger partial charge in [-0.25, -0.2) is 0 Å². The van der Waals surface area contributed by atoms with Gasteiger partial charge in [0.2, 0.25) is 0 Å². The van der Waals surface area contributed by atoms with E-state index >= 15 is 0 Å². The topological polar surface area (TPSA) is 62.2 Å². The van der Waals surface area contributed by atoms with Gasteiger partial charge in [0.15, 0.2) is 12.2 Å². The summed E-state index contributed by atoms with van der Waals surface area (Å²) >= 11 is 0. The molecule has 0 aliphatic carbocycles. The lowest BCUT2D eigenvalue weighted by molar-refractivity contribution is -0.210. The second kappa shape index (κ2) is 13.9. The van der Waals surface area contributed by atoms with Gasteiger partial charge in [0.05, 0.1) is 6.54 Å². The van der Waals surface area contributed by atoms with Gasteiger partial charge in [0, 0.05) is 18.3 Å². The molecule has 0 fully saturated rings. The van der Waals surface area contributed by atoms with Crippen LogP contribution >= 0.6 is 0 Å². The summed E-state index contributed by atoms with van der Waals surface area (Å²) in [5.74, 6) is 1.48. The van der Waals surface area contributed by atoms with E-state index in [0.717, 1.165) is 5.56 Å². The van der Waals surface area contributed by atoms with Crippen molar-refractivity contribution in [3.8, 4) is 17.2 Å². The summed E-state index contributed by atoms with van der Waals surface area (Å²) in [6.07, 6.45) is -14.1. The number of likely N-dealkylation sites (N-methyl/N-ethyl adjacent to an activating group) is 1. The van der Waals surface area contributed by atoms with Gasteiger partial charge in [-0.1, -0.05) is 36.4 Å². The molecule has 0 aliphatic rings. The Labute approximate surface area is 216 Å². The summed E-state index contributed by atoms with van der Waals surface area (Å²) in [7, 11) is 0. The van der Waals surface area contributed by atoms with Gasteiger partial charge in [0.1, 0.15) is 23.9 Å². The molecule has 208 valence electrons. The van der Waals surface area contributed by atoms with Crippen LogP contribution in [0.1, 0.15) is 12.5 Å². The maximum Gasteiger partial charge on any atom is 0.417 e. The summed E-state index contributed by atoms with van der Waals surface area (Å²) in [5.41, 5.74) is 1.44. The van der Waals surface area contributed by atoms with E-state index in [4.69, 9.17) is 14.6 Å².